The van der Waals surface area contributed by atoms with E-state index in [1.807, 2.05) is 18.4 Å². The van der Waals surface area contributed by atoms with Gasteiger partial charge in [0.15, 0.2) is 0 Å². The molecule has 0 atom stereocenters. The van der Waals surface area contributed by atoms with Gasteiger partial charge in [0.2, 0.25) is 0 Å². The number of hydrogen-bond donors (Lipinski definition) is 1. The van der Waals surface area contributed by atoms with Crippen molar-refractivity contribution in [3.8, 4) is 11.8 Å². The number of carboxylic acids is 1. The summed E-state index contributed by atoms with van der Waals surface area (Å²) < 4.78 is 5.39. The van der Waals surface area contributed by atoms with Crippen LogP contribution in [0, 0.1) is 0 Å². The second-order valence-corrected chi connectivity index (χ2v) is 4.22. The molecule has 1 aromatic carbocycles. The molecule has 0 amide bonds. The number of aromatic nitrogens is 2. The number of carbonyl (C=O) groups is 1. The SMILES string of the molecule is CSc1ccc(Oc2ncc(C(=O)O)cn2)cc1. The Hall–Kier alpha value is -2.08. The molecule has 0 aliphatic heterocycles. The number of hydrogen-bond acceptors (Lipinski definition) is 5. The quantitative estimate of drug-likeness (QED) is 0.854. The van der Waals surface area contributed by atoms with Crippen LogP contribution in [0.4, 0.5) is 0 Å². The first-order valence-electron chi connectivity index (χ1n) is 5.06. The van der Waals surface area contributed by atoms with Gasteiger partial charge in [0.1, 0.15) is 5.75 Å². The van der Waals surface area contributed by atoms with Crippen LogP contribution < -0.4 is 4.74 Å². The Labute approximate surface area is 108 Å². The van der Waals surface area contributed by atoms with Crippen LogP contribution in [0.2, 0.25) is 0 Å². The lowest BCUT2D eigenvalue weighted by molar-refractivity contribution is 0.0696. The highest BCUT2D eigenvalue weighted by Crippen LogP contribution is 2.21. The van der Waals surface area contributed by atoms with E-state index < -0.39 is 5.97 Å². The molecule has 2 aromatic rings. The van der Waals surface area contributed by atoms with Gasteiger partial charge in [-0.2, -0.15) is 0 Å². The van der Waals surface area contributed by atoms with Crippen LogP contribution in [-0.4, -0.2) is 27.3 Å². The van der Waals surface area contributed by atoms with E-state index in [9.17, 15) is 4.79 Å². The Morgan fingerprint density at radius 1 is 1.22 bits per heavy atom. The van der Waals surface area contributed by atoms with Gasteiger partial charge in [-0.3, -0.25) is 0 Å². The number of rotatable bonds is 4. The molecule has 1 N–H and O–H groups in total. The maximum atomic E-state index is 10.6. The van der Waals surface area contributed by atoms with Crippen molar-refractivity contribution in [2.45, 2.75) is 4.90 Å². The molecule has 0 aliphatic carbocycles. The normalized spacial score (nSPS) is 10.1. The molecule has 0 aliphatic rings. The fourth-order valence-electron chi connectivity index (χ4n) is 1.23. The smallest absolute Gasteiger partial charge is 0.338 e. The maximum Gasteiger partial charge on any atom is 0.338 e. The van der Waals surface area contributed by atoms with Crippen molar-refractivity contribution in [1.29, 1.82) is 0 Å². The number of benzene rings is 1. The van der Waals surface area contributed by atoms with Gasteiger partial charge in [0.25, 0.3) is 0 Å². The summed E-state index contributed by atoms with van der Waals surface area (Å²) in [5.41, 5.74) is 0.0279. The Balaban J connectivity index is 2.10. The van der Waals surface area contributed by atoms with E-state index in [0.29, 0.717) is 5.75 Å². The highest BCUT2D eigenvalue weighted by atomic mass is 32.2. The van der Waals surface area contributed by atoms with Crippen molar-refractivity contribution in [2.24, 2.45) is 0 Å². The van der Waals surface area contributed by atoms with Crippen LogP contribution >= 0.6 is 11.8 Å². The standard InChI is InChI=1S/C12H10N2O3S/c1-18-10-4-2-9(3-5-10)17-12-13-6-8(7-14-12)11(15)16/h2-7H,1H3,(H,15,16). The largest absolute Gasteiger partial charge is 0.478 e. The summed E-state index contributed by atoms with van der Waals surface area (Å²) in [5, 5.41) is 8.70. The van der Waals surface area contributed by atoms with Crippen molar-refractivity contribution < 1.29 is 14.6 Å². The molecule has 1 aromatic heterocycles. The van der Waals surface area contributed by atoms with Gasteiger partial charge in [0.05, 0.1) is 5.56 Å². The van der Waals surface area contributed by atoms with Gasteiger partial charge < -0.3 is 9.84 Å². The Morgan fingerprint density at radius 3 is 2.33 bits per heavy atom. The third kappa shape index (κ3) is 2.98. The molecule has 0 radical (unpaired) electrons. The van der Waals surface area contributed by atoms with E-state index in [2.05, 4.69) is 9.97 Å². The minimum Gasteiger partial charge on any atom is -0.478 e. The summed E-state index contributed by atoms with van der Waals surface area (Å²) in [4.78, 5) is 19.4. The van der Waals surface area contributed by atoms with Gasteiger partial charge in [-0.15, -0.1) is 11.8 Å². The Morgan fingerprint density at radius 2 is 1.83 bits per heavy atom. The van der Waals surface area contributed by atoms with Crippen LogP contribution in [-0.2, 0) is 0 Å². The fourth-order valence-corrected chi connectivity index (χ4v) is 1.64. The van der Waals surface area contributed by atoms with Crippen LogP contribution in [0.5, 0.6) is 11.8 Å². The Bertz CT molecular complexity index is 540. The third-order valence-electron chi connectivity index (χ3n) is 2.14. The topological polar surface area (TPSA) is 72.3 Å². The number of aromatic carboxylic acids is 1. The lowest BCUT2D eigenvalue weighted by Gasteiger charge is -2.04. The van der Waals surface area contributed by atoms with E-state index in [0.717, 1.165) is 4.90 Å². The number of nitrogens with zero attached hydrogens (tertiary/aromatic N) is 2. The summed E-state index contributed by atoms with van der Waals surface area (Å²) in [7, 11) is 0. The summed E-state index contributed by atoms with van der Waals surface area (Å²) >= 11 is 1.64. The predicted octanol–water partition coefficient (Wildman–Crippen LogP) is 2.69. The van der Waals surface area contributed by atoms with E-state index in [4.69, 9.17) is 9.84 Å². The third-order valence-corrected chi connectivity index (χ3v) is 2.89. The first-order valence-corrected chi connectivity index (χ1v) is 6.29. The van der Waals surface area contributed by atoms with Crippen LogP contribution in [0.25, 0.3) is 0 Å². The van der Waals surface area contributed by atoms with Crippen molar-refractivity contribution >= 4 is 17.7 Å². The average molecular weight is 262 g/mol. The van der Waals surface area contributed by atoms with Gasteiger partial charge in [-0.25, -0.2) is 14.8 Å². The second-order valence-electron chi connectivity index (χ2n) is 3.34. The molecule has 0 saturated heterocycles. The number of thioether (sulfide) groups is 1. The van der Waals surface area contributed by atoms with Gasteiger partial charge in [0, 0.05) is 17.3 Å². The zero-order valence-electron chi connectivity index (χ0n) is 9.53. The monoisotopic (exact) mass is 262 g/mol. The highest BCUT2D eigenvalue weighted by Gasteiger charge is 2.05. The summed E-state index contributed by atoms with van der Waals surface area (Å²) in [6, 6.07) is 7.58. The van der Waals surface area contributed by atoms with E-state index >= 15 is 0 Å². The molecule has 0 bridgehead atoms. The molecule has 0 unspecified atom stereocenters. The van der Waals surface area contributed by atoms with Crippen molar-refractivity contribution in [3.63, 3.8) is 0 Å². The molecule has 1 heterocycles. The van der Waals surface area contributed by atoms with E-state index in [-0.39, 0.29) is 11.6 Å². The molecular formula is C12H10N2O3S. The van der Waals surface area contributed by atoms with Crippen molar-refractivity contribution in [3.05, 3.63) is 42.2 Å². The molecule has 2 rings (SSSR count). The van der Waals surface area contributed by atoms with Crippen LogP contribution in [0.3, 0.4) is 0 Å². The van der Waals surface area contributed by atoms with E-state index in [1.54, 1.807) is 23.9 Å². The molecule has 18 heavy (non-hydrogen) atoms. The summed E-state index contributed by atoms with van der Waals surface area (Å²) in [5.74, 6) is -0.457. The maximum absolute atomic E-state index is 10.6. The minimum absolute atomic E-state index is 0.0279. The molecule has 0 fully saturated rings. The number of carboxylic acid groups (broad SMARTS) is 1. The van der Waals surface area contributed by atoms with Crippen molar-refractivity contribution in [2.75, 3.05) is 6.26 Å². The second kappa shape index (κ2) is 5.50. The number of ether oxygens (including phenoxy) is 1. The van der Waals surface area contributed by atoms with Gasteiger partial charge in [-0.05, 0) is 30.5 Å². The molecule has 0 spiro atoms. The predicted molar refractivity (Wildman–Crippen MR) is 67.3 cm³/mol. The molecule has 0 saturated carbocycles. The Kier molecular flexibility index (Phi) is 3.78. The first-order chi connectivity index (χ1) is 8.69. The van der Waals surface area contributed by atoms with E-state index in [1.165, 1.54) is 12.4 Å². The molecule has 6 heteroatoms. The molecular weight excluding hydrogens is 252 g/mol. The zero-order chi connectivity index (χ0) is 13.0. The highest BCUT2D eigenvalue weighted by molar-refractivity contribution is 7.98. The van der Waals surface area contributed by atoms with Crippen LogP contribution in [0.1, 0.15) is 10.4 Å². The van der Waals surface area contributed by atoms with Gasteiger partial charge >= 0.3 is 12.0 Å². The lowest BCUT2D eigenvalue weighted by Crippen LogP contribution is -1.99. The van der Waals surface area contributed by atoms with Crippen LogP contribution in [0.15, 0.2) is 41.6 Å². The lowest BCUT2D eigenvalue weighted by atomic mass is 10.3. The fraction of sp³-hybridized carbons (Fsp3) is 0.0833. The summed E-state index contributed by atoms with van der Waals surface area (Å²) in [6.07, 6.45) is 4.41. The van der Waals surface area contributed by atoms with Crippen molar-refractivity contribution in [1.82, 2.24) is 9.97 Å². The molecule has 92 valence electrons. The van der Waals surface area contributed by atoms with Gasteiger partial charge in [-0.1, -0.05) is 0 Å². The summed E-state index contributed by atoms with van der Waals surface area (Å²) in [6.45, 7) is 0. The zero-order valence-corrected chi connectivity index (χ0v) is 10.3. The first kappa shape index (κ1) is 12.4. The minimum atomic E-state index is -1.06. The molecule has 5 nitrogen and oxygen atoms in total. The average Bonchev–Trinajstić information content (AvgIpc) is 2.40.